The van der Waals surface area contributed by atoms with Crippen molar-refractivity contribution in [2.24, 2.45) is 5.84 Å². The van der Waals surface area contributed by atoms with Crippen molar-refractivity contribution in [2.45, 2.75) is 0 Å². The van der Waals surface area contributed by atoms with Gasteiger partial charge in [-0.2, -0.15) is 0 Å². The number of H-pyrrole nitrogens is 1. The van der Waals surface area contributed by atoms with Crippen LogP contribution in [0.15, 0.2) is 18.5 Å². The second kappa shape index (κ2) is 3.07. The summed E-state index contributed by atoms with van der Waals surface area (Å²) in [7, 11) is 1.63. The van der Waals surface area contributed by atoms with Crippen LogP contribution in [0.25, 0.3) is 0 Å². The lowest BCUT2D eigenvalue weighted by Gasteiger charge is -2.13. The van der Waals surface area contributed by atoms with Gasteiger partial charge in [-0.15, -0.1) is 0 Å². The van der Waals surface area contributed by atoms with Crippen LogP contribution in [0.5, 0.6) is 0 Å². The van der Waals surface area contributed by atoms with Gasteiger partial charge < -0.3 is 4.98 Å². The van der Waals surface area contributed by atoms with Crippen molar-refractivity contribution in [3.05, 3.63) is 18.5 Å². The van der Waals surface area contributed by atoms with Gasteiger partial charge >= 0.3 is 6.03 Å². The summed E-state index contributed by atoms with van der Waals surface area (Å²) in [4.78, 5) is 15.1. The molecular weight excluding hydrogens is 144 g/mol. The highest BCUT2D eigenvalue weighted by Crippen LogP contribution is 2.08. The first kappa shape index (κ1) is 7.62. The Morgan fingerprint density at radius 2 is 2.55 bits per heavy atom. The van der Waals surface area contributed by atoms with Gasteiger partial charge in [-0.3, -0.25) is 10.3 Å². The van der Waals surface area contributed by atoms with Crippen molar-refractivity contribution in [3.8, 4) is 0 Å². The largest absolute Gasteiger partial charge is 0.366 e. The summed E-state index contributed by atoms with van der Waals surface area (Å²) >= 11 is 0. The average Bonchev–Trinajstić information content (AvgIpc) is 2.53. The molecule has 0 bridgehead atoms. The summed E-state index contributed by atoms with van der Waals surface area (Å²) in [5, 5.41) is 0. The number of amides is 2. The molecule has 0 saturated heterocycles. The normalized spacial score (nSPS) is 9.27. The van der Waals surface area contributed by atoms with Gasteiger partial charge in [0.25, 0.3) is 0 Å². The number of nitrogens with two attached hydrogens (primary N) is 1. The topological polar surface area (TPSA) is 74.2 Å². The maximum atomic E-state index is 10.9. The third kappa shape index (κ3) is 1.50. The lowest BCUT2D eigenvalue weighted by Crippen LogP contribution is -2.41. The van der Waals surface area contributed by atoms with Crippen molar-refractivity contribution in [1.82, 2.24) is 10.4 Å². The molecule has 0 aliphatic rings. The maximum Gasteiger partial charge on any atom is 0.335 e. The number of nitrogens with one attached hydrogen (secondary N) is 2. The molecule has 0 aromatic carbocycles. The summed E-state index contributed by atoms with van der Waals surface area (Å²) < 4.78 is 0. The summed E-state index contributed by atoms with van der Waals surface area (Å²) in [6.07, 6.45) is 3.44. The fourth-order valence-electron chi connectivity index (χ4n) is 0.738. The highest BCUT2D eigenvalue weighted by molar-refractivity contribution is 5.90. The molecule has 0 atom stereocenters. The van der Waals surface area contributed by atoms with Gasteiger partial charge in [0.15, 0.2) is 0 Å². The van der Waals surface area contributed by atoms with E-state index in [2.05, 4.69) is 4.98 Å². The van der Waals surface area contributed by atoms with Crippen molar-refractivity contribution in [1.29, 1.82) is 0 Å². The zero-order chi connectivity index (χ0) is 8.27. The van der Waals surface area contributed by atoms with E-state index in [9.17, 15) is 4.79 Å². The standard InChI is InChI=1S/C6H10N4O/c1-10(6(11)9-7)5-2-3-8-4-5/h2-4,8H,7H2,1H3,(H,9,11). The van der Waals surface area contributed by atoms with E-state index in [-0.39, 0.29) is 6.03 Å². The molecule has 0 aliphatic heterocycles. The van der Waals surface area contributed by atoms with Crippen LogP contribution in [0.2, 0.25) is 0 Å². The van der Waals surface area contributed by atoms with E-state index in [1.54, 1.807) is 25.5 Å². The number of hydrogen-bond acceptors (Lipinski definition) is 2. The SMILES string of the molecule is CN(C(=O)NN)c1cc[nH]c1. The van der Waals surface area contributed by atoms with Crippen LogP contribution in [0, 0.1) is 0 Å². The van der Waals surface area contributed by atoms with E-state index in [1.165, 1.54) is 4.90 Å². The lowest BCUT2D eigenvalue weighted by molar-refractivity contribution is 0.248. The Labute approximate surface area is 64.2 Å². The minimum atomic E-state index is -0.343. The number of rotatable bonds is 1. The smallest absolute Gasteiger partial charge is 0.335 e. The first-order chi connectivity index (χ1) is 5.25. The first-order valence-corrected chi connectivity index (χ1v) is 3.13. The van der Waals surface area contributed by atoms with Gasteiger partial charge in [-0.1, -0.05) is 0 Å². The summed E-state index contributed by atoms with van der Waals surface area (Å²) in [5.41, 5.74) is 2.80. The molecule has 60 valence electrons. The molecule has 0 saturated carbocycles. The molecule has 2 amide bonds. The van der Waals surface area contributed by atoms with Crippen molar-refractivity contribution >= 4 is 11.7 Å². The minimum absolute atomic E-state index is 0.343. The Morgan fingerprint density at radius 1 is 1.82 bits per heavy atom. The lowest BCUT2D eigenvalue weighted by atomic mass is 10.5. The van der Waals surface area contributed by atoms with Crippen LogP contribution in [-0.2, 0) is 0 Å². The minimum Gasteiger partial charge on any atom is -0.366 e. The molecule has 1 rings (SSSR count). The van der Waals surface area contributed by atoms with Gasteiger partial charge in [0.05, 0.1) is 5.69 Å². The summed E-state index contributed by atoms with van der Waals surface area (Å²) in [6, 6.07) is 1.43. The number of carbonyl (C=O) groups excluding carboxylic acids is 1. The van der Waals surface area contributed by atoms with Gasteiger partial charge in [0.2, 0.25) is 0 Å². The predicted octanol–water partition coefficient (Wildman–Crippen LogP) is 0.0342. The quantitative estimate of drug-likeness (QED) is 0.303. The highest BCUT2D eigenvalue weighted by atomic mass is 16.2. The van der Waals surface area contributed by atoms with Crippen molar-refractivity contribution in [2.75, 3.05) is 11.9 Å². The predicted molar refractivity (Wildman–Crippen MR) is 41.9 cm³/mol. The molecule has 5 heteroatoms. The van der Waals surface area contributed by atoms with Gasteiger partial charge in [0, 0.05) is 19.4 Å². The Balaban J connectivity index is 2.70. The third-order valence-corrected chi connectivity index (χ3v) is 1.40. The molecule has 0 spiro atoms. The monoisotopic (exact) mass is 154 g/mol. The molecule has 0 radical (unpaired) electrons. The number of carbonyl (C=O) groups is 1. The Kier molecular flexibility index (Phi) is 2.12. The second-order valence-electron chi connectivity index (χ2n) is 2.08. The van der Waals surface area contributed by atoms with E-state index in [0.717, 1.165) is 5.69 Å². The molecule has 0 fully saturated rings. The number of urea groups is 1. The first-order valence-electron chi connectivity index (χ1n) is 3.13. The zero-order valence-electron chi connectivity index (χ0n) is 6.16. The number of aromatic amines is 1. The highest BCUT2D eigenvalue weighted by Gasteiger charge is 2.07. The van der Waals surface area contributed by atoms with Crippen LogP contribution in [-0.4, -0.2) is 18.1 Å². The van der Waals surface area contributed by atoms with E-state index >= 15 is 0 Å². The molecule has 0 unspecified atom stereocenters. The van der Waals surface area contributed by atoms with Gasteiger partial charge in [-0.05, 0) is 6.07 Å². The van der Waals surface area contributed by atoms with Gasteiger partial charge in [-0.25, -0.2) is 10.6 Å². The second-order valence-corrected chi connectivity index (χ2v) is 2.08. The Bertz CT molecular complexity index is 231. The maximum absolute atomic E-state index is 10.9. The number of hydrazine groups is 1. The Morgan fingerprint density at radius 3 is 3.00 bits per heavy atom. The van der Waals surface area contributed by atoms with Crippen LogP contribution in [0.3, 0.4) is 0 Å². The fourth-order valence-corrected chi connectivity index (χ4v) is 0.738. The van der Waals surface area contributed by atoms with Crippen molar-refractivity contribution in [3.63, 3.8) is 0 Å². The molecule has 1 heterocycles. The number of aromatic nitrogens is 1. The zero-order valence-corrected chi connectivity index (χ0v) is 6.16. The van der Waals surface area contributed by atoms with Crippen LogP contribution in [0.4, 0.5) is 10.5 Å². The van der Waals surface area contributed by atoms with E-state index in [1.807, 2.05) is 5.43 Å². The van der Waals surface area contributed by atoms with Crippen LogP contribution >= 0.6 is 0 Å². The molecule has 0 aliphatic carbocycles. The van der Waals surface area contributed by atoms with Crippen LogP contribution < -0.4 is 16.2 Å². The van der Waals surface area contributed by atoms with Crippen LogP contribution in [0.1, 0.15) is 0 Å². The van der Waals surface area contributed by atoms with Crippen molar-refractivity contribution < 1.29 is 4.79 Å². The number of anilines is 1. The summed E-state index contributed by atoms with van der Waals surface area (Å²) in [6.45, 7) is 0. The van der Waals surface area contributed by atoms with E-state index < -0.39 is 0 Å². The van der Waals surface area contributed by atoms with Gasteiger partial charge in [0.1, 0.15) is 0 Å². The molecule has 5 nitrogen and oxygen atoms in total. The molecule has 4 N–H and O–H groups in total. The van der Waals surface area contributed by atoms with E-state index in [0.29, 0.717) is 0 Å². The summed E-state index contributed by atoms with van der Waals surface area (Å²) in [5.74, 6) is 4.93. The fraction of sp³-hybridized carbons (Fsp3) is 0.167. The number of hydrogen-bond donors (Lipinski definition) is 3. The van der Waals surface area contributed by atoms with E-state index in [4.69, 9.17) is 5.84 Å². The molecule has 1 aromatic heterocycles. The number of nitrogens with zero attached hydrogens (tertiary/aromatic N) is 1. The molecular formula is C6H10N4O. The average molecular weight is 154 g/mol. The molecule has 1 aromatic rings. The Hall–Kier alpha value is -1.49. The third-order valence-electron chi connectivity index (χ3n) is 1.40. The molecule has 11 heavy (non-hydrogen) atoms.